The van der Waals surface area contributed by atoms with Gasteiger partial charge >= 0.3 is 0 Å². The highest BCUT2D eigenvalue weighted by molar-refractivity contribution is 5.98. The Labute approximate surface area is 119 Å². The second-order valence-corrected chi connectivity index (χ2v) is 5.27. The van der Waals surface area contributed by atoms with Crippen LogP contribution < -0.4 is 15.8 Å². The van der Waals surface area contributed by atoms with E-state index in [4.69, 9.17) is 10.5 Å². The molecule has 1 aromatic rings. The molecule has 0 radical (unpaired) electrons. The Kier molecular flexibility index (Phi) is 4.84. The van der Waals surface area contributed by atoms with Crippen LogP contribution in [-0.4, -0.2) is 30.8 Å². The van der Waals surface area contributed by atoms with Crippen molar-refractivity contribution >= 4 is 11.6 Å². The van der Waals surface area contributed by atoms with Crippen LogP contribution in [0.4, 0.5) is 5.69 Å². The lowest BCUT2D eigenvalue weighted by molar-refractivity contribution is 0.0869. The third-order valence-electron chi connectivity index (χ3n) is 3.93. The van der Waals surface area contributed by atoms with Gasteiger partial charge in [-0.2, -0.15) is 0 Å². The predicted octanol–water partition coefficient (Wildman–Crippen LogP) is 1.56. The fourth-order valence-corrected chi connectivity index (χ4v) is 2.77. The highest BCUT2D eigenvalue weighted by Crippen LogP contribution is 2.26. The normalized spacial score (nSPS) is 22.3. The lowest BCUT2D eigenvalue weighted by Gasteiger charge is -2.31. The molecular formula is C15H22N2O3. The molecule has 0 bridgehead atoms. The molecule has 2 unspecified atom stereocenters. The summed E-state index contributed by atoms with van der Waals surface area (Å²) in [5.74, 6) is 0.451. The minimum Gasteiger partial charge on any atom is -0.496 e. The average Bonchev–Trinajstić information content (AvgIpc) is 2.47. The van der Waals surface area contributed by atoms with Crippen LogP contribution in [0.25, 0.3) is 0 Å². The maximum atomic E-state index is 12.4. The van der Waals surface area contributed by atoms with Crippen LogP contribution in [0, 0.1) is 5.92 Å². The number of benzene rings is 1. The van der Waals surface area contributed by atoms with E-state index in [-0.39, 0.29) is 24.5 Å². The summed E-state index contributed by atoms with van der Waals surface area (Å²) in [6.45, 7) is 0.110. The minimum atomic E-state index is -0.195. The maximum absolute atomic E-state index is 12.4. The number of methoxy groups -OCH3 is 1. The average molecular weight is 278 g/mol. The van der Waals surface area contributed by atoms with Gasteiger partial charge in [-0.1, -0.05) is 12.8 Å². The molecule has 0 saturated heterocycles. The van der Waals surface area contributed by atoms with Crippen molar-refractivity contribution in [2.45, 2.75) is 31.7 Å². The van der Waals surface area contributed by atoms with Gasteiger partial charge in [-0.15, -0.1) is 0 Å². The van der Waals surface area contributed by atoms with E-state index in [1.54, 1.807) is 18.2 Å². The number of nitrogens with one attached hydrogen (secondary N) is 1. The molecule has 110 valence electrons. The molecule has 1 aliphatic rings. The number of ether oxygens (including phenoxy) is 1. The molecule has 5 nitrogen and oxygen atoms in total. The van der Waals surface area contributed by atoms with Crippen molar-refractivity contribution in [3.8, 4) is 5.75 Å². The number of carbonyl (C=O) groups excluding carboxylic acids is 1. The maximum Gasteiger partial charge on any atom is 0.255 e. The minimum absolute atomic E-state index is 0.0207. The molecule has 20 heavy (non-hydrogen) atoms. The second kappa shape index (κ2) is 6.61. The number of hydrogen-bond acceptors (Lipinski definition) is 4. The first-order valence-electron chi connectivity index (χ1n) is 7.01. The van der Waals surface area contributed by atoms with Crippen molar-refractivity contribution in [2.75, 3.05) is 19.5 Å². The van der Waals surface area contributed by atoms with E-state index in [1.807, 2.05) is 0 Å². The summed E-state index contributed by atoms with van der Waals surface area (Å²) >= 11 is 0. The number of carbonyl (C=O) groups is 1. The molecular weight excluding hydrogens is 256 g/mol. The van der Waals surface area contributed by atoms with Gasteiger partial charge in [-0.05, 0) is 31.0 Å². The zero-order valence-electron chi connectivity index (χ0n) is 11.8. The number of nitrogen functional groups attached to an aromatic ring is 1. The molecule has 1 saturated carbocycles. The lowest BCUT2D eigenvalue weighted by atomic mass is 9.85. The summed E-state index contributed by atoms with van der Waals surface area (Å²) < 4.78 is 5.20. The molecule has 1 amide bonds. The Balaban J connectivity index is 2.13. The zero-order valence-corrected chi connectivity index (χ0v) is 11.8. The summed E-state index contributed by atoms with van der Waals surface area (Å²) in [4.78, 5) is 12.4. The van der Waals surface area contributed by atoms with Gasteiger partial charge in [0.05, 0.1) is 12.7 Å². The zero-order chi connectivity index (χ0) is 14.5. The van der Waals surface area contributed by atoms with Crippen molar-refractivity contribution in [1.29, 1.82) is 0 Å². The first-order valence-corrected chi connectivity index (χ1v) is 7.01. The number of anilines is 1. The van der Waals surface area contributed by atoms with E-state index in [1.165, 1.54) is 7.11 Å². The topological polar surface area (TPSA) is 84.6 Å². The van der Waals surface area contributed by atoms with Crippen LogP contribution in [-0.2, 0) is 0 Å². The second-order valence-electron chi connectivity index (χ2n) is 5.27. The summed E-state index contributed by atoms with van der Waals surface area (Å²) in [6.07, 6.45) is 4.05. The van der Waals surface area contributed by atoms with Crippen LogP contribution in [0.5, 0.6) is 5.75 Å². The molecule has 2 rings (SSSR count). The molecule has 2 atom stereocenters. The smallest absolute Gasteiger partial charge is 0.255 e. The third kappa shape index (κ3) is 3.22. The number of aliphatic hydroxyl groups is 1. The molecule has 0 aromatic heterocycles. The van der Waals surface area contributed by atoms with E-state index in [0.717, 1.165) is 25.7 Å². The van der Waals surface area contributed by atoms with E-state index < -0.39 is 0 Å². The highest BCUT2D eigenvalue weighted by atomic mass is 16.5. The first kappa shape index (κ1) is 14.7. The van der Waals surface area contributed by atoms with Gasteiger partial charge in [0.15, 0.2) is 0 Å². The van der Waals surface area contributed by atoms with Crippen LogP contribution in [0.2, 0.25) is 0 Å². The lowest BCUT2D eigenvalue weighted by Crippen LogP contribution is -2.43. The van der Waals surface area contributed by atoms with Gasteiger partial charge in [-0.25, -0.2) is 0 Å². The van der Waals surface area contributed by atoms with Crippen molar-refractivity contribution in [1.82, 2.24) is 5.32 Å². The van der Waals surface area contributed by atoms with Crippen molar-refractivity contribution in [3.63, 3.8) is 0 Å². The number of hydrogen-bond donors (Lipinski definition) is 3. The molecule has 0 spiro atoms. The molecule has 1 aliphatic carbocycles. The molecule has 0 aliphatic heterocycles. The van der Waals surface area contributed by atoms with Crippen LogP contribution >= 0.6 is 0 Å². The summed E-state index contributed by atoms with van der Waals surface area (Å²) in [5.41, 5.74) is 6.70. The number of aliphatic hydroxyl groups excluding tert-OH is 1. The van der Waals surface area contributed by atoms with E-state index >= 15 is 0 Å². The Morgan fingerprint density at radius 3 is 2.90 bits per heavy atom. The van der Waals surface area contributed by atoms with Crippen LogP contribution in [0.1, 0.15) is 36.0 Å². The van der Waals surface area contributed by atoms with E-state index in [9.17, 15) is 9.90 Å². The largest absolute Gasteiger partial charge is 0.496 e. The highest BCUT2D eigenvalue weighted by Gasteiger charge is 2.27. The molecule has 1 aromatic carbocycles. The van der Waals surface area contributed by atoms with Gasteiger partial charge in [0.25, 0.3) is 5.91 Å². The SMILES string of the molecule is COc1ccc(N)cc1C(=O)NC1CCCCC1CO. The fraction of sp³-hybridized carbons (Fsp3) is 0.533. The molecule has 0 heterocycles. The molecule has 4 N–H and O–H groups in total. The Bertz CT molecular complexity index is 476. The summed E-state index contributed by atoms with van der Waals surface area (Å²) in [5, 5.41) is 12.4. The fourth-order valence-electron chi connectivity index (χ4n) is 2.77. The van der Waals surface area contributed by atoms with Crippen LogP contribution in [0.3, 0.4) is 0 Å². The van der Waals surface area contributed by atoms with Gasteiger partial charge in [-0.3, -0.25) is 4.79 Å². The monoisotopic (exact) mass is 278 g/mol. The quantitative estimate of drug-likeness (QED) is 0.730. The van der Waals surface area contributed by atoms with Crippen molar-refractivity contribution in [2.24, 2.45) is 5.92 Å². The van der Waals surface area contributed by atoms with Crippen LogP contribution in [0.15, 0.2) is 18.2 Å². The standard InChI is InChI=1S/C15H22N2O3/c1-20-14-7-6-11(16)8-12(14)15(19)17-13-5-3-2-4-10(13)9-18/h6-8,10,13,18H,2-5,9,16H2,1H3,(H,17,19). The first-order chi connectivity index (χ1) is 9.65. The molecule has 1 fully saturated rings. The summed E-state index contributed by atoms with van der Waals surface area (Å²) in [7, 11) is 1.53. The Hall–Kier alpha value is -1.75. The summed E-state index contributed by atoms with van der Waals surface area (Å²) in [6, 6.07) is 5.03. The van der Waals surface area contributed by atoms with Gasteiger partial charge < -0.3 is 20.9 Å². The Morgan fingerprint density at radius 1 is 1.45 bits per heavy atom. The van der Waals surface area contributed by atoms with Crippen molar-refractivity contribution in [3.05, 3.63) is 23.8 Å². The van der Waals surface area contributed by atoms with E-state index in [0.29, 0.717) is 17.0 Å². The third-order valence-corrected chi connectivity index (χ3v) is 3.93. The number of nitrogens with two attached hydrogens (primary N) is 1. The Morgan fingerprint density at radius 2 is 2.20 bits per heavy atom. The number of rotatable bonds is 4. The number of amides is 1. The van der Waals surface area contributed by atoms with Gasteiger partial charge in [0.2, 0.25) is 0 Å². The predicted molar refractivity (Wildman–Crippen MR) is 77.7 cm³/mol. The van der Waals surface area contributed by atoms with Gasteiger partial charge in [0, 0.05) is 24.3 Å². The van der Waals surface area contributed by atoms with Gasteiger partial charge in [0.1, 0.15) is 5.75 Å². The van der Waals surface area contributed by atoms with E-state index in [2.05, 4.69) is 5.32 Å². The molecule has 5 heteroatoms. The van der Waals surface area contributed by atoms with Crippen molar-refractivity contribution < 1.29 is 14.6 Å².